The summed E-state index contributed by atoms with van der Waals surface area (Å²) in [5.74, 6) is 0. The van der Waals surface area contributed by atoms with Crippen LogP contribution in [0, 0.1) is 48.5 Å². The average molecular weight is 1330 g/mol. The van der Waals surface area contributed by atoms with E-state index >= 15 is 0 Å². The Hall–Kier alpha value is -12.1. The van der Waals surface area contributed by atoms with Gasteiger partial charge in [-0.3, -0.25) is 4.98 Å². The zero-order valence-corrected chi connectivity index (χ0v) is 61.1. The molecule has 9 aromatic carbocycles. The number of hydrogen-bond acceptors (Lipinski definition) is 1. The largest absolute Gasteiger partial charge is 0.256 e. The van der Waals surface area contributed by atoms with E-state index in [1.807, 2.05) is 30.5 Å². The van der Waals surface area contributed by atoms with Gasteiger partial charge in [-0.1, -0.05) is 218 Å². The standard InChI is InChI=1S/2C20H20N.2C19H18N.C18H17N2/c1-15-9-7-8-12-18(15)20-13-16(2)19(14-21(20)3)17-10-5-4-6-11-17;1-15-8-10-17(11-9-15)18-12-13-21(3)20(14-18)19-7-5-4-6-16(19)2;1-15-8-6-7-11-18(15)19-14-17(12-13-20(19)2)16-9-4-3-5-10-16;1-15-8-6-7-11-18(15)19-13-12-17(14-20(19)2)16-9-4-3-5-10-16;1-14-7-3-4-8-16(14)18-13-15(10-12-20(18)2)17-9-5-6-11-19-17/h2*4-14H,1-3H3;2*3-14H,1-2H3;3-13H,1-2H3/q5*+1. The third-order valence-corrected chi connectivity index (χ3v) is 18.8. The maximum Gasteiger partial charge on any atom is 0.213 e. The molecule has 6 nitrogen and oxygen atoms in total. The van der Waals surface area contributed by atoms with E-state index in [4.69, 9.17) is 0 Å². The topological polar surface area (TPSA) is 32.3 Å². The Morgan fingerprint density at radius 1 is 0.206 bits per heavy atom. The summed E-state index contributed by atoms with van der Waals surface area (Å²) in [7, 11) is 10.5. The molecule has 0 radical (unpaired) electrons. The first-order valence-electron chi connectivity index (χ1n) is 35.0. The van der Waals surface area contributed by atoms with Crippen LogP contribution in [0.3, 0.4) is 0 Å². The van der Waals surface area contributed by atoms with Crippen LogP contribution in [0.5, 0.6) is 0 Å². The molecular formula is C96H93N6+5. The molecule has 502 valence electrons. The summed E-state index contributed by atoms with van der Waals surface area (Å²) in [5.41, 5.74) is 33.9. The van der Waals surface area contributed by atoms with Crippen molar-refractivity contribution in [2.24, 2.45) is 35.2 Å². The van der Waals surface area contributed by atoms with Crippen molar-refractivity contribution in [3.05, 3.63) is 386 Å². The molecule has 0 aliphatic rings. The molecular weight excluding hydrogens is 1240 g/mol. The van der Waals surface area contributed by atoms with Crippen LogP contribution in [0.25, 0.3) is 112 Å². The monoisotopic (exact) mass is 1330 g/mol. The number of aromatic nitrogens is 6. The number of pyridine rings is 6. The molecule has 0 aliphatic carbocycles. The number of nitrogens with zero attached hydrogens (tertiary/aromatic N) is 6. The van der Waals surface area contributed by atoms with E-state index in [1.165, 1.54) is 140 Å². The van der Waals surface area contributed by atoms with Gasteiger partial charge in [0.15, 0.2) is 31.0 Å². The predicted molar refractivity (Wildman–Crippen MR) is 423 cm³/mol. The molecule has 0 saturated carbocycles. The molecule has 102 heavy (non-hydrogen) atoms. The van der Waals surface area contributed by atoms with Crippen LogP contribution in [0.1, 0.15) is 38.9 Å². The fourth-order valence-electron chi connectivity index (χ4n) is 12.9. The lowest BCUT2D eigenvalue weighted by Crippen LogP contribution is -2.31. The quantitative estimate of drug-likeness (QED) is 0.126. The van der Waals surface area contributed by atoms with Crippen LogP contribution in [0.2, 0.25) is 0 Å². The van der Waals surface area contributed by atoms with Crippen molar-refractivity contribution in [1.29, 1.82) is 0 Å². The second kappa shape index (κ2) is 34.1. The van der Waals surface area contributed by atoms with Gasteiger partial charge in [-0.05, 0) is 164 Å². The highest BCUT2D eigenvalue weighted by molar-refractivity contribution is 5.74. The van der Waals surface area contributed by atoms with E-state index in [1.54, 1.807) is 0 Å². The number of rotatable bonds is 10. The summed E-state index contributed by atoms with van der Waals surface area (Å²) < 4.78 is 10.9. The van der Waals surface area contributed by atoms with E-state index in [0.29, 0.717) is 0 Å². The van der Waals surface area contributed by atoms with E-state index in [-0.39, 0.29) is 0 Å². The summed E-state index contributed by atoms with van der Waals surface area (Å²) in [5, 5.41) is 0. The molecule has 0 unspecified atom stereocenters. The molecule has 0 bridgehead atoms. The molecule has 0 spiro atoms. The Morgan fingerprint density at radius 2 is 0.529 bits per heavy atom. The smallest absolute Gasteiger partial charge is 0.213 e. The van der Waals surface area contributed by atoms with Gasteiger partial charge in [0, 0.05) is 99.2 Å². The van der Waals surface area contributed by atoms with Crippen LogP contribution >= 0.6 is 0 Å². The minimum atomic E-state index is 1.00. The second-order valence-corrected chi connectivity index (χ2v) is 26.3. The lowest BCUT2D eigenvalue weighted by molar-refractivity contribution is -0.660. The summed E-state index contributed by atoms with van der Waals surface area (Å²) in [6, 6.07) is 109. The zero-order chi connectivity index (χ0) is 71.5. The van der Waals surface area contributed by atoms with Gasteiger partial charge in [-0.15, -0.1) is 0 Å². The van der Waals surface area contributed by atoms with Gasteiger partial charge < -0.3 is 0 Å². The molecule has 6 heteroatoms. The van der Waals surface area contributed by atoms with Crippen molar-refractivity contribution in [2.75, 3.05) is 0 Å². The van der Waals surface area contributed by atoms with Gasteiger partial charge in [0.05, 0.1) is 5.69 Å². The summed E-state index contributed by atoms with van der Waals surface area (Å²) >= 11 is 0. The number of hydrogen-bond donors (Lipinski definition) is 0. The molecule has 0 amide bonds. The maximum absolute atomic E-state index is 4.43. The molecule has 15 aromatic rings. The van der Waals surface area contributed by atoms with E-state index in [0.717, 1.165) is 11.3 Å². The van der Waals surface area contributed by atoms with Crippen LogP contribution in [0.15, 0.2) is 347 Å². The molecule has 0 fully saturated rings. The molecule has 6 heterocycles. The lowest BCUT2D eigenvalue weighted by Gasteiger charge is -2.09. The minimum absolute atomic E-state index is 1.00. The Labute approximate surface area is 605 Å². The number of benzene rings is 9. The van der Waals surface area contributed by atoms with Crippen LogP contribution in [-0.4, -0.2) is 4.98 Å². The van der Waals surface area contributed by atoms with Crippen LogP contribution in [0.4, 0.5) is 0 Å². The van der Waals surface area contributed by atoms with Crippen LogP contribution in [-0.2, 0) is 35.2 Å². The maximum atomic E-state index is 4.43. The third-order valence-electron chi connectivity index (χ3n) is 18.8. The normalized spacial score (nSPS) is 10.5. The van der Waals surface area contributed by atoms with E-state index < -0.39 is 0 Å². The Kier molecular flexibility index (Phi) is 23.8. The van der Waals surface area contributed by atoms with Crippen molar-refractivity contribution < 1.29 is 22.8 Å². The Balaban J connectivity index is 0.000000128. The second-order valence-electron chi connectivity index (χ2n) is 26.3. The van der Waals surface area contributed by atoms with Gasteiger partial charge in [0.1, 0.15) is 35.2 Å². The van der Waals surface area contributed by atoms with Gasteiger partial charge in [0.25, 0.3) is 0 Å². The summed E-state index contributed by atoms with van der Waals surface area (Å²) in [6.07, 6.45) is 12.6. The molecule has 0 N–H and O–H groups in total. The van der Waals surface area contributed by atoms with E-state index in [2.05, 4.69) is 428 Å². The SMILES string of the molecule is Cc1cc(-c2ccccc2C)[n+](C)cc1-c1ccccc1.Cc1ccc(-c2cc[n+](C)c(-c3ccccc3C)c2)cc1.Cc1ccccc1-c1cc(-c2ccccc2)cc[n+]1C.Cc1ccccc1-c1cc(-c2ccccn2)cc[n+]1C.Cc1ccccc1-c1ccc(-c2ccccc2)c[n+]1C. The van der Waals surface area contributed by atoms with Gasteiger partial charge in [-0.2, -0.15) is 0 Å². The van der Waals surface area contributed by atoms with Gasteiger partial charge in [-0.25, -0.2) is 22.8 Å². The highest BCUT2D eigenvalue weighted by Crippen LogP contribution is 2.31. The zero-order valence-electron chi connectivity index (χ0n) is 61.1. The molecule has 0 saturated heterocycles. The first kappa shape index (κ1) is 71.2. The summed E-state index contributed by atoms with van der Waals surface area (Å²) in [4.78, 5) is 4.43. The fourth-order valence-corrected chi connectivity index (χ4v) is 12.9. The Bertz CT molecular complexity index is 5150. The molecule has 15 rings (SSSR count). The van der Waals surface area contributed by atoms with Gasteiger partial charge in [0.2, 0.25) is 28.5 Å². The summed E-state index contributed by atoms with van der Waals surface area (Å²) in [6.45, 7) is 15.1. The first-order chi connectivity index (χ1) is 49.6. The van der Waals surface area contributed by atoms with Gasteiger partial charge >= 0.3 is 0 Å². The lowest BCUT2D eigenvalue weighted by atomic mass is 9.98. The molecule has 0 aliphatic heterocycles. The minimum Gasteiger partial charge on any atom is -0.256 e. The highest BCUT2D eigenvalue weighted by atomic mass is 14.9. The number of aryl methyl sites for hydroxylation is 12. The van der Waals surface area contributed by atoms with Crippen molar-refractivity contribution in [2.45, 2.75) is 48.5 Å². The third kappa shape index (κ3) is 17.8. The molecule has 0 atom stereocenters. The van der Waals surface area contributed by atoms with Crippen molar-refractivity contribution in [3.8, 4) is 112 Å². The predicted octanol–water partition coefficient (Wildman–Crippen LogP) is 20.8. The Morgan fingerprint density at radius 3 is 0.931 bits per heavy atom. The van der Waals surface area contributed by atoms with Crippen molar-refractivity contribution >= 4 is 0 Å². The van der Waals surface area contributed by atoms with Crippen molar-refractivity contribution in [1.82, 2.24) is 4.98 Å². The van der Waals surface area contributed by atoms with E-state index in [9.17, 15) is 0 Å². The van der Waals surface area contributed by atoms with Crippen LogP contribution < -0.4 is 22.8 Å². The average Bonchev–Trinajstić information content (AvgIpc) is 0.825. The fraction of sp³-hybridized carbons (Fsp3) is 0.125. The van der Waals surface area contributed by atoms with Crippen molar-refractivity contribution in [3.63, 3.8) is 0 Å². The highest BCUT2D eigenvalue weighted by Gasteiger charge is 2.20. The molecule has 6 aromatic heterocycles. The first-order valence-corrected chi connectivity index (χ1v) is 35.0.